The van der Waals surface area contributed by atoms with Crippen molar-refractivity contribution in [1.82, 2.24) is 0 Å². The number of carbonyl (C=O) groups is 2. The number of rotatable bonds is 2. The number of fused-ring (bicyclic) bond motifs is 3. The van der Waals surface area contributed by atoms with Gasteiger partial charge in [-0.3, -0.25) is 4.79 Å². The molecule has 1 saturated heterocycles. The van der Waals surface area contributed by atoms with Crippen LogP contribution in [0.4, 0.5) is 0 Å². The molecule has 36 heavy (non-hydrogen) atoms. The summed E-state index contributed by atoms with van der Waals surface area (Å²) in [4.78, 5) is 24.9. The molecule has 196 valence electrons. The third-order valence-corrected chi connectivity index (χ3v) is 10.8. The summed E-state index contributed by atoms with van der Waals surface area (Å²) >= 11 is 0. The highest BCUT2D eigenvalue weighted by molar-refractivity contribution is 5.89. The van der Waals surface area contributed by atoms with Crippen LogP contribution in [-0.4, -0.2) is 54.4 Å². The van der Waals surface area contributed by atoms with Gasteiger partial charge >= 0.3 is 11.9 Å². The van der Waals surface area contributed by atoms with Crippen molar-refractivity contribution in [2.75, 3.05) is 7.11 Å². The molecule has 6 rings (SSSR count). The molecule has 0 aromatic heterocycles. The quantitative estimate of drug-likeness (QED) is 0.576. The van der Waals surface area contributed by atoms with Crippen molar-refractivity contribution in [3.05, 3.63) is 34.4 Å². The van der Waals surface area contributed by atoms with Gasteiger partial charge in [-0.1, -0.05) is 23.3 Å². The van der Waals surface area contributed by atoms with Gasteiger partial charge in [0.2, 0.25) is 0 Å². The summed E-state index contributed by atoms with van der Waals surface area (Å²) in [6.07, 6.45) is 6.32. The highest BCUT2D eigenvalue weighted by Crippen LogP contribution is 2.71. The van der Waals surface area contributed by atoms with E-state index in [-0.39, 0.29) is 41.2 Å². The van der Waals surface area contributed by atoms with Crippen LogP contribution in [0, 0.1) is 29.1 Å². The van der Waals surface area contributed by atoms with Gasteiger partial charge in [-0.05, 0) is 76.7 Å². The molecule has 3 aliphatic heterocycles. The van der Waals surface area contributed by atoms with Crippen LogP contribution in [0.1, 0.15) is 66.2 Å². The van der Waals surface area contributed by atoms with Gasteiger partial charge in [-0.15, -0.1) is 0 Å². The minimum Gasteiger partial charge on any atom is -0.457 e. The van der Waals surface area contributed by atoms with Crippen molar-refractivity contribution in [3.8, 4) is 0 Å². The maximum absolute atomic E-state index is 12.6. The predicted octanol–water partition coefficient (Wildman–Crippen LogP) is 4.00. The summed E-state index contributed by atoms with van der Waals surface area (Å²) in [5.74, 6) is -0.0572. The number of esters is 2. The molecule has 2 saturated carbocycles. The van der Waals surface area contributed by atoms with Crippen molar-refractivity contribution in [1.29, 1.82) is 0 Å². The lowest BCUT2D eigenvalue weighted by Crippen LogP contribution is -2.54. The fraction of sp³-hybridized carbons (Fsp3) is 0.724. The first-order valence-electron chi connectivity index (χ1n) is 13.4. The molecule has 3 heterocycles. The van der Waals surface area contributed by atoms with Crippen LogP contribution in [-0.2, 0) is 28.5 Å². The van der Waals surface area contributed by atoms with E-state index in [9.17, 15) is 14.7 Å². The Morgan fingerprint density at radius 3 is 2.64 bits per heavy atom. The van der Waals surface area contributed by atoms with Gasteiger partial charge in [-0.2, -0.15) is 0 Å². The molecule has 1 spiro atoms. The number of hydrogen-bond donors (Lipinski definition) is 1. The van der Waals surface area contributed by atoms with Crippen molar-refractivity contribution < 1.29 is 33.6 Å². The van der Waals surface area contributed by atoms with E-state index in [2.05, 4.69) is 13.0 Å². The molecule has 10 unspecified atom stereocenters. The average Bonchev–Trinajstić information content (AvgIpc) is 3.18. The smallest absolute Gasteiger partial charge is 0.334 e. The molecule has 7 heteroatoms. The van der Waals surface area contributed by atoms with Gasteiger partial charge in [0, 0.05) is 30.4 Å². The Balaban J connectivity index is 1.39. The third-order valence-electron chi connectivity index (χ3n) is 10.8. The highest BCUT2D eigenvalue weighted by atomic mass is 16.7. The zero-order valence-electron chi connectivity index (χ0n) is 21.9. The molecule has 10 atom stereocenters. The highest BCUT2D eigenvalue weighted by Gasteiger charge is 2.74. The Bertz CT molecular complexity index is 1090. The largest absolute Gasteiger partial charge is 0.457 e. The van der Waals surface area contributed by atoms with Gasteiger partial charge in [0.25, 0.3) is 0 Å². The molecular formula is C29H38O7. The van der Waals surface area contributed by atoms with E-state index in [1.165, 1.54) is 5.57 Å². The maximum atomic E-state index is 12.6. The van der Waals surface area contributed by atoms with Gasteiger partial charge in [-0.25, -0.2) is 4.79 Å². The van der Waals surface area contributed by atoms with Crippen LogP contribution in [0.15, 0.2) is 34.4 Å². The van der Waals surface area contributed by atoms with Crippen molar-refractivity contribution >= 4 is 11.9 Å². The van der Waals surface area contributed by atoms with Crippen LogP contribution in [0.2, 0.25) is 0 Å². The van der Waals surface area contributed by atoms with E-state index in [0.717, 1.165) is 24.0 Å². The standard InChI is InChI=1S/C29H38O7/c1-14-11-23(35-26(32)15(14)2)28(4)22-13-20(30)25-19-12-21-18(7-6-8-24(31)34-21)16(3)17(19)9-10-29(22,25)27(33-5)36-28/h6-7,17,19-23,25,27,30H,8-13H2,1-5H3. The lowest BCUT2D eigenvalue weighted by atomic mass is 9.52. The van der Waals surface area contributed by atoms with E-state index in [0.29, 0.717) is 37.2 Å². The zero-order chi connectivity index (χ0) is 25.6. The molecule has 7 nitrogen and oxygen atoms in total. The van der Waals surface area contributed by atoms with Crippen LogP contribution in [0.25, 0.3) is 0 Å². The Morgan fingerprint density at radius 1 is 1.14 bits per heavy atom. The normalized spacial score (nSPS) is 48.1. The SMILES string of the molecule is COC1OC(C)(C2CC(C)=C(C)C(=O)O2)C2CC(O)C3C4CC5OC(=O)CC=CC5=C(C)C4CCC132. The molecule has 0 bridgehead atoms. The first-order chi connectivity index (χ1) is 17.1. The lowest BCUT2D eigenvalue weighted by molar-refractivity contribution is -0.231. The van der Waals surface area contributed by atoms with E-state index in [1.807, 2.05) is 26.8 Å². The summed E-state index contributed by atoms with van der Waals surface area (Å²) in [5, 5.41) is 11.7. The van der Waals surface area contributed by atoms with E-state index in [4.69, 9.17) is 18.9 Å². The number of hydrogen-bond acceptors (Lipinski definition) is 7. The summed E-state index contributed by atoms with van der Waals surface area (Å²) in [6.45, 7) is 8.01. The summed E-state index contributed by atoms with van der Waals surface area (Å²) < 4.78 is 24.6. The second-order valence-electron chi connectivity index (χ2n) is 12.1. The van der Waals surface area contributed by atoms with E-state index >= 15 is 0 Å². The van der Waals surface area contributed by atoms with E-state index < -0.39 is 24.1 Å². The van der Waals surface area contributed by atoms with Gasteiger partial charge in [0.1, 0.15) is 17.8 Å². The summed E-state index contributed by atoms with van der Waals surface area (Å²) in [6, 6.07) is 0. The zero-order valence-corrected chi connectivity index (χ0v) is 21.9. The van der Waals surface area contributed by atoms with Crippen molar-refractivity contribution in [2.45, 2.75) is 96.4 Å². The fourth-order valence-corrected chi connectivity index (χ4v) is 9.00. The summed E-state index contributed by atoms with van der Waals surface area (Å²) in [7, 11) is 1.68. The van der Waals surface area contributed by atoms with Crippen LogP contribution in [0.3, 0.4) is 0 Å². The topological polar surface area (TPSA) is 91.3 Å². The first kappa shape index (κ1) is 24.4. The van der Waals surface area contributed by atoms with Gasteiger partial charge in [0.05, 0.1) is 12.5 Å². The van der Waals surface area contributed by atoms with Crippen LogP contribution >= 0.6 is 0 Å². The molecule has 0 aromatic rings. The second-order valence-corrected chi connectivity index (χ2v) is 12.1. The number of carbonyl (C=O) groups excluding carboxylic acids is 2. The second kappa shape index (κ2) is 8.27. The maximum Gasteiger partial charge on any atom is 0.334 e. The minimum atomic E-state index is -0.761. The predicted molar refractivity (Wildman–Crippen MR) is 130 cm³/mol. The van der Waals surface area contributed by atoms with E-state index in [1.54, 1.807) is 7.11 Å². The third kappa shape index (κ3) is 3.15. The molecular weight excluding hydrogens is 460 g/mol. The summed E-state index contributed by atoms with van der Waals surface area (Å²) in [5.41, 5.74) is 2.96. The first-order valence-corrected chi connectivity index (χ1v) is 13.4. The molecule has 1 N–H and O–H groups in total. The number of aliphatic hydroxyl groups is 1. The minimum absolute atomic E-state index is 0.0119. The number of aliphatic hydroxyl groups excluding tert-OH is 1. The number of ether oxygens (including phenoxy) is 4. The number of methoxy groups -OCH3 is 1. The Morgan fingerprint density at radius 2 is 1.92 bits per heavy atom. The van der Waals surface area contributed by atoms with Crippen LogP contribution < -0.4 is 0 Å². The molecule has 0 radical (unpaired) electrons. The van der Waals surface area contributed by atoms with Crippen molar-refractivity contribution in [2.24, 2.45) is 29.1 Å². The number of allylic oxidation sites excluding steroid dienone is 1. The van der Waals surface area contributed by atoms with Crippen molar-refractivity contribution in [3.63, 3.8) is 0 Å². The molecule has 6 aliphatic rings. The average molecular weight is 499 g/mol. The van der Waals surface area contributed by atoms with Gasteiger partial charge in [0.15, 0.2) is 6.29 Å². The molecule has 0 aromatic carbocycles. The molecule has 3 aliphatic carbocycles. The molecule has 3 fully saturated rings. The number of cyclic esters (lactones) is 1. The lowest BCUT2D eigenvalue weighted by Gasteiger charge is -2.53. The Hall–Kier alpha value is -1.96. The monoisotopic (exact) mass is 498 g/mol. The Kier molecular flexibility index (Phi) is 5.60. The van der Waals surface area contributed by atoms with Gasteiger partial charge < -0.3 is 24.1 Å². The Labute approximate surface area is 212 Å². The van der Waals surface area contributed by atoms with Crippen LogP contribution in [0.5, 0.6) is 0 Å². The molecule has 0 amide bonds. The fourth-order valence-electron chi connectivity index (χ4n) is 9.00.